The second-order valence-corrected chi connectivity index (χ2v) is 5.69. The fraction of sp³-hybridized carbons (Fsp3) is 0.316. The summed E-state index contributed by atoms with van der Waals surface area (Å²) in [6, 6.07) is 15.9. The van der Waals surface area contributed by atoms with E-state index in [9.17, 15) is 0 Å². The predicted molar refractivity (Wildman–Crippen MR) is 118 cm³/mol. The molecule has 0 radical (unpaired) electrons. The minimum Gasteiger partial charge on any atom is -0.493 e. The molecule has 0 aliphatic heterocycles. The van der Waals surface area contributed by atoms with Gasteiger partial charge in [0.2, 0.25) is 0 Å². The topological polar surface area (TPSA) is 72.1 Å². The molecule has 0 saturated heterocycles. The Hall–Kier alpha value is -2.00. The van der Waals surface area contributed by atoms with Crippen molar-refractivity contribution in [3.8, 4) is 11.5 Å². The monoisotopic (exact) mass is 470 g/mol. The van der Waals surface area contributed by atoms with E-state index in [4.69, 9.17) is 15.2 Å². The molecule has 0 atom stereocenters. The number of likely N-dealkylation sites (N-methyl/N-ethyl adjacent to an activating group) is 1. The number of nitrogens with one attached hydrogen (secondary N) is 1. The average Bonchev–Trinajstić information content (AvgIpc) is 2.62. The molecule has 0 saturated carbocycles. The number of hydrogen-bond donors (Lipinski definition) is 2. The molecule has 0 spiro atoms. The number of methoxy groups -OCH3 is 2. The Morgan fingerprint density at radius 1 is 1.08 bits per heavy atom. The highest BCUT2D eigenvalue weighted by molar-refractivity contribution is 14.0. The van der Waals surface area contributed by atoms with E-state index in [1.807, 2.05) is 36.4 Å². The van der Waals surface area contributed by atoms with Crippen molar-refractivity contribution in [3.05, 3.63) is 54.1 Å². The number of nitrogens with two attached hydrogens (primary N) is 1. The van der Waals surface area contributed by atoms with Gasteiger partial charge in [-0.05, 0) is 24.7 Å². The number of nitrogens with zero attached hydrogens (tertiary/aromatic N) is 2. The number of rotatable bonds is 8. The van der Waals surface area contributed by atoms with Crippen LogP contribution in [-0.2, 0) is 6.54 Å². The lowest BCUT2D eigenvalue weighted by molar-refractivity contribution is 0.336. The highest BCUT2D eigenvalue weighted by Crippen LogP contribution is 2.29. The van der Waals surface area contributed by atoms with Crippen LogP contribution in [0, 0.1) is 0 Å². The number of aliphatic imine (C=N–C) groups is 1. The van der Waals surface area contributed by atoms with E-state index in [2.05, 4.69) is 34.4 Å². The molecule has 0 heterocycles. The van der Waals surface area contributed by atoms with Crippen LogP contribution in [0.15, 0.2) is 53.5 Å². The highest BCUT2D eigenvalue weighted by atomic mass is 127. The van der Waals surface area contributed by atoms with Crippen molar-refractivity contribution in [1.29, 1.82) is 0 Å². The Bertz CT molecular complexity index is 695. The average molecular weight is 470 g/mol. The predicted octanol–water partition coefficient (Wildman–Crippen LogP) is 3.18. The number of hydrogen-bond acceptors (Lipinski definition) is 4. The summed E-state index contributed by atoms with van der Waals surface area (Å²) in [6.07, 6.45) is 0. The second kappa shape index (κ2) is 11.6. The molecule has 3 N–H and O–H groups in total. The summed E-state index contributed by atoms with van der Waals surface area (Å²) in [5, 5.41) is 3.07. The molecule has 0 amide bonds. The van der Waals surface area contributed by atoms with Gasteiger partial charge in [0.05, 0.1) is 20.8 Å². The fourth-order valence-corrected chi connectivity index (χ4v) is 2.42. The zero-order valence-corrected chi connectivity index (χ0v) is 17.8. The van der Waals surface area contributed by atoms with Gasteiger partial charge in [0.15, 0.2) is 17.5 Å². The molecule has 0 fully saturated rings. The van der Waals surface area contributed by atoms with E-state index in [0.717, 1.165) is 18.8 Å². The minimum absolute atomic E-state index is 0. The molecule has 2 rings (SSSR count). The van der Waals surface area contributed by atoms with Crippen LogP contribution in [0.1, 0.15) is 5.56 Å². The first kappa shape index (κ1) is 22.0. The van der Waals surface area contributed by atoms with Crippen LogP contribution in [-0.4, -0.2) is 45.2 Å². The van der Waals surface area contributed by atoms with E-state index in [1.54, 1.807) is 14.2 Å². The molecule has 0 bridgehead atoms. The molecule has 0 unspecified atom stereocenters. The molecule has 0 aliphatic rings. The maximum atomic E-state index is 5.95. The van der Waals surface area contributed by atoms with Gasteiger partial charge < -0.3 is 25.4 Å². The molecule has 6 nitrogen and oxygen atoms in total. The van der Waals surface area contributed by atoms with Crippen LogP contribution in [0.4, 0.5) is 5.69 Å². The van der Waals surface area contributed by atoms with Crippen LogP contribution in [0.2, 0.25) is 0 Å². The van der Waals surface area contributed by atoms with E-state index in [1.165, 1.54) is 5.56 Å². The normalized spacial score (nSPS) is 11.0. The second-order valence-electron chi connectivity index (χ2n) is 5.69. The fourth-order valence-electron chi connectivity index (χ4n) is 2.42. The van der Waals surface area contributed by atoms with Gasteiger partial charge in [-0.2, -0.15) is 0 Å². The van der Waals surface area contributed by atoms with Gasteiger partial charge in [0.25, 0.3) is 0 Å². The van der Waals surface area contributed by atoms with Crippen LogP contribution < -0.4 is 20.5 Å². The number of guanidine groups is 1. The van der Waals surface area contributed by atoms with E-state index < -0.39 is 0 Å². The zero-order valence-electron chi connectivity index (χ0n) is 15.4. The van der Waals surface area contributed by atoms with Crippen molar-refractivity contribution in [2.45, 2.75) is 6.54 Å². The first-order chi connectivity index (χ1) is 12.1. The van der Waals surface area contributed by atoms with Crippen molar-refractivity contribution < 1.29 is 9.47 Å². The third-order valence-corrected chi connectivity index (χ3v) is 3.72. The summed E-state index contributed by atoms with van der Waals surface area (Å²) < 4.78 is 10.5. The maximum Gasteiger partial charge on any atom is 0.193 e. The lowest BCUT2D eigenvalue weighted by atomic mass is 10.2. The maximum absolute atomic E-state index is 5.95. The zero-order chi connectivity index (χ0) is 18.1. The number of benzene rings is 2. The van der Waals surface area contributed by atoms with Gasteiger partial charge in [-0.15, -0.1) is 24.0 Å². The van der Waals surface area contributed by atoms with Crippen molar-refractivity contribution >= 4 is 35.6 Å². The van der Waals surface area contributed by atoms with Crippen LogP contribution >= 0.6 is 24.0 Å². The summed E-state index contributed by atoms with van der Waals surface area (Å²) in [5.41, 5.74) is 8.04. The summed E-state index contributed by atoms with van der Waals surface area (Å²) in [5.74, 6) is 1.69. The smallest absolute Gasteiger partial charge is 0.193 e. The van der Waals surface area contributed by atoms with Crippen LogP contribution in [0.3, 0.4) is 0 Å². The molecule has 26 heavy (non-hydrogen) atoms. The van der Waals surface area contributed by atoms with E-state index in [-0.39, 0.29) is 24.0 Å². The van der Waals surface area contributed by atoms with Gasteiger partial charge >= 0.3 is 0 Å². The largest absolute Gasteiger partial charge is 0.493 e. The van der Waals surface area contributed by atoms with E-state index in [0.29, 0.717) is 24.0 Å². The van der Waals surface area contributed by atoms with E-state index >= 15 is 0 Å². The third kappa shape index (κ3) is 7.09. The van der Waals surface area contributed by atoms with Crippen LogP contribution in [0.5, 0.6) is 11.5 Å². The Morgan fingerprint density at radius 3 is 2.42 bits per heavy atom. The molecule has 2 aromatic rings. The molecular formula is C19H27IN4O2. The summed E-state index contributed by atoms with van der Waals surface area (Å²) in [7, 11) is 5.27. The number of ether oxygens (including phenoxy) is 2. The Balaban J connectivity index is 0.00000338. The quantitative estimate of drug-likeness (QED) is 0.352. The molecule has 2 aromatic carbocycles. The van der Waals surface area contributed by atoms with Gasteiger partial charge in [-0.25, -0.2) is 0 Å². The number of anilines is 1. The van der Waals surface area contributed by atoms with Crippen molar-refractivity contribution in [2.24, 2.45) is 10.7 Å². The van der Waals surface area contributed by atoms with Crippen molar-refractivity contribution in [2.75, 3.05) is 39.7 Å². The Labute approximate surface area is 172 Å². The van der Waals surface area contributed by atoms with Gasteiger partial charge in [-0.1, -0.05) is 30.3 Å². The molecule has 0 aliphatic carbocycles. The number of halogens is 1. The SMILES string of the molecule is COc1ccc(NC(N)=NCCN(C)Cc2ccccc2)cc1OC.I. The summed E-state index contributed by atoms with van der Waals surface area (Å²) in [4.78, 5) is 6.58. The summed E-state index contributed by atoms with van der Waals surface area (Å²) in [6.45, 7) is 2.33. The first-order valence-corrected chi connectivity index (χ1v) is 8.14. The molecular weight excluding hydrogens is 443 g/mol. The van der Waals surface area contributed by atoms with Crippen LogP contribution in [0.25, 0.3) is 0 Å². The van der Waals surface area contributed by atoms with Crippen molar-refractivity contribution in [3.63, 3.8) is 0 Å². The Kier molecular flexibility index (Phi) is 9.82. The lowest BCUT2D eigenvalue weighted by Gasteiger charge is -2.15. The molecule has 7 heteroatoms. The highest BCUT2D eigenvalue weighted by Gasteiger charge is 2.05. The van der Waals surface area contributed by atoms with Gasteiger partial charge in [0.1, 0.15) is 0 Å². The summed E-state index contributed by atoms with van der Waals surface area (Å²) >= 11 is 0. The third-order valence-electron chi connectivity index (χ3n) is 3.72. The Morgan fingerprint density at radius 2 is 1.77 bits per heavy atom. The lowest BCUT2D eigenvalue weighted by Crippen LogP contribution is -2.26. The van der Waals surface area contributed by atoms with Gasteiger partial charge in [-0.3, -0.25) is 4.99 Å². The first-order valence-electron chi connectivity index (χ1n) is 8.14. The minimum atomic E-state index is 0. The molecule has 142 valence electrons. The standard InChI is InChI=1S/C19H26N4O2.HI/c1-23(14-15-7-5-4-6-8-15)12-11-21-19(20)22-16-9-10-17(24-2)18(13-16)25-3;/h4-10,13H,11-12,14H2,1-3H3,(H3,20,21,22);1H. The van der Waals surface area contributed by atoms with Crippen molar-refractivity contribution in [1.82, 2.24) is 4.90 Å². The van der Waals surface area contributed by atoms with Gasteiger partial charge in [0, 0.05) is 24.8 Å². The molecule has 0 aromatic heterocycles.